The molecule has 0 aliphatic heterocycles. The Hall–Kier alpha value is -2.05. The summed E-state index contributed by atoms with van der Waals surface area (Å²) in [4.78, 5) is 26.9. The molecule has 1 aromatic carbocycles. The van der Waals surface area contributed by atoms with E-state index in [0.29, 0.717) is 5.69 Å². The van der Waals surface area contributed by atoms with Crippen LogP contribution < -0.4 is 5.32 Å². The predicted octanol–water partition coefficient (Wildman–Crippen LogP) is 1.56. The highest BCUT2D eigenvalue weighted by Crippen LogP contribution is 2.18. The fourth-order valence-corrected chi connectivity index (χ4v) is 2.24. The van der Waals surface area contributed by atoms with Crippen LogP contribution in [0.2, 0.25) is 0 Å². The summed E-state index contributed by atoms with van der Waals surface area (Å²) in [7, 11) is 0. The van der Waals surface area contributed by atoms with Gasteiger partial charge in [-0.1, -0.05) is 12.1 Å². The topological polar surface area (TPSA) is 82.2 Å². The minimum absolute atomic E-state index is 0.00389. The molecule has 1 aromatic heterocycles. The smallest absolute Gasteiger partial charge is 0.274 e. The van der Waals surface area contributed by atoms with Crippen molar-refractivity contribution in [3.63, 3.8) is 0 Å². The normalized spacial score (nSPS) is 10.2. The van der Waals surface area contributed by atoms with Gasteiger partial charge in [-0.2, -0.15) is 0 Å². The molecular formula is C14H14N2O3S. The van der Waals surface area contributed by atoms with E-state index in [1.54, 1.807) is 30.5 Å². The van der Waals surface area contributed by atoms with Crippen LogP contribution >= 0.6 is 11.8 Å². The zero-order chi connectivity index (χ0) is 14.4. The summed E-state index contributed by atoms with van der Waals surface area (Å²) in [5.74, 6) is -0.623. The van der Waals surface area contributed by atoms with Gasteiger partial charge >= 0.3 is 0 Å². The predicted molar refractivity (Wildman–Crippen MR) is 76.4 cm³/mol. The highest BCUT2D eigenvalue weighted by molar-refractivity contribution is 8.00. The Balaban J connectivity index is 1.81. The van der Waals surface area contributed by atoms with E-state index in [9.17, 15) is 9.59 Å². The first-order valence-corrected chi connectivity index (χ1v) is 6.98. The molecule has 0 unspecified atom stereocenters. The molecule has 2 aromatic rings. The molecule has 5 nitrogen and oxygen atoms in total. The molecule has 0 fully saturated rings. The van der Waals surface area contributed by atoms with Gasteiger partial charge in [0.05, 0.1) is 12.4 Å². The Bertz CT molecular complexity index is 579. The van der Waals surface area contributed by atoms with E-state index < -0.39 is 5.91 Å². The number of nitrogens with one attached hydrogen (secondary N) is 2. The van der Waals surface area contributed by atoms with Crippen LogP contribution in [0.3, 0.4) is 0 Å². The maximum Gasteiger partial charge on any atom is 0.274 e. The van der Waals surface area contributed by atoms with Crippen molar-refractivity contribution in [2.75, 3.05) is 5.75 Å². The molecule has 0 radical (unpaired) electrons. The van der Waals surface area contributed by atoms with Crippen LogP contribution in [-0.2, 0) is 11.4 Å². The minimum atomic E-state index is -0.434. The Kier molecular flexibility index (Phi) is 4.97. The van der Waals surface area contributed by atoms with Crippen molar-refractivity contribution in [1.29, 1.82) is 0 Å². The van der Waals surface area contributed by atoms with Gasteiger partial charge < -0.3 is 10.1 Å². The molecule has 2 amide bonds. The van der Waals surface area contributed by atoms with Crippen LogP contribution in [0.5, 0.6) is 0 Å². The van der Waals surface area contributed by atoms with Crippen molar-refractivity contribution in [2.24, 2.45) is 0 Å². The maximum absolute atomic E-state index is 11.6. The number of H-pyrrole nitrogens is 1. The Labute approximate surface area is 120 Å². The number of rotatable bonds is 5. The lowest BCUT2D eigenvalue weighted by Crippen LogP contribution is -2.32. The van der Waals surface area contributed by atoms with Crippen molar-refractivity contribution < 1.29 is 14.7 Å². The van der Waals surface area contributed by atoms with Gasteiger partial charge in [-0.05, 0) is 29.8 Å². The van der Waals surface area contributed by atoms with E-state index >= 15 is 0 Å². The largest absolute Gasteiger partial charge is 0.392 e. The SMILES string of the molecule is O=C(CSc1ccc(CO)cc1)NC(=O)c1ccc[nH]1. The molecule has 0 bridgehead atoms. The highest BCUT2D eigenvalue weighted by Gasteiger charge is 2.10. The number of benzene rings is 1. The number of thioether (sulfide) groups is 1. The molecule has 0 atom stereocenters. The number of aliphatic hydroxyl groups excluding tert-OH is 1. The van der Waals surface area contributed by atoms with Gasteiger partial charge in [-0.25, -0.2) is 0 Å². The first-order chi connectivity index (χ1) is 9.69. The van der Waals surface area contributed by atoms with E-state index in [0.717, 1.165) is 10.5 Å². The first kappa shape index (κ1) is 14.4. The standard InChI is InChI=1S/C14H14N2O3S/c17-8-10-3-5-11(6-4-10)20-9-13(18)16-14(19)12-2-1-7-15-12/h1-7,15,17H,8-9H2,(H,16,18,19). The number of carbonyl (C=O) groups is 2. The van der Waals surface area contributed by atoms with Gasteiger partial charge in [0, 0.05) is 11.1 Å². The second-order valence-corrected chi connectivity index (χ2v) is 5.10. The number of hydrogen-bond donors (Lipinski definition) is 3. The number of carbonyl (C=O) groups excluding carboxylic acids is 2. The zero-order valence-corrected chi connectivity index (χ0v) is 11.4. The third kappa shape index (κ3) is 3.97. The average molecular weight is 290 g/mol. The lowest BCUT2D eigenvalue weighted by Gasteiger charge is -2.04. The molecule has 6 heteroatoms. The molecule has 104 valence electrons. The van der Waals surface area contributed by atoms with Gasteiger partial charge in [0.15, 0.2) is 0 Å². The van der Waals surface area contributed by atoms with Crippen LogP contribution in [0.1, 0.15) is 16.1 Å². The van der Waals surface area contributed by atoms with Gasteiger partial charge in [-0.15, -0.1) is 11.8 Å². The van der Waals surface area contributed by atoms with Gasteiger partial charge in [0.1, 0.15) is 5.69 Å². The zero-order valence-electron chi connectivity index (χ0n) is 10.6. The van der Waals surface area contributed by atoms with Gasteiger partial charge in [0.25, 0.3) is 5.91 Å². The van der Waals surface area contributed by atoms with Crippen LogP contribution in [0.25, 0.3) is 0 Å². The molecule has 2 rings (SSSR count). The van der Waals surface area contributed by atoms with Crippen LogP contribution in [0, 0.1) is 0 Å². The maximum atomic E-state index is 11.6. The molecule has 0 spiro atoms. The van der Waals surface area contributed by atoms with E-state index in [1.807, 2.05) is 12.1 Å². The number of imide groups is 1. The van der Waals surface area contributed by atoms with Gasteiger partial charge in [-0.3, -0.25) is 14.9 Å². The van der Waals surface area contributed by atoms with E-state index in [1.165, 1.54) is 11.8 Å². The lowest BCUT2D eigenvalue weighted by molar-refractivity contribution is -0.117. The fourth-order valence-electron chi connectivity index (χ4n) is 1.54. The van der Waals surface area contributed by atoms with Crippen LogP contribution in [0.15, 0.2) is 47.5 Å². The second-order valence-electron chi connectivity index (χ2n) is 4.05. The van der Waals surface area contributed by atoms with E-state index in [-0.39, 0.29) is 18.3 Å². The van der Waals surface area contributed by atoms with E-state index in [2.05, 4.69) is 10.3 Å². The quantitative estimate of drug-likeness (QED) is 0.730. The molecule has 0 aliphatic carbocycles. The summed E-state index contributed by atoms with van der Waals surface area (Å²) < 4.78 is 0. The molecular weight excluding hydrogens is 276 g/mol. The number of aromatic nitrogens is 1. The van der Waals surface area contributed by atoms with Crippen molar-refractivity contribution in [3.8, 4) is 0 Å². The summed E-state index contributed by atoms with van der Waals surface area (Å²) in [5, 5.41) is 11.2. The van der Waals surface area contributed by atoms with Crippen molar-refractivity contribution in [2.45, 2.75) is 11.5 Å². The Morgan fingerprint density at radius 1 is 1.20 bits per heavy atom. The Morgan fingerprint density at radius 2 is 1.95 bits per heavy atom. The number of hydrogen-bond acceptors (Lipinski definition) is 4. The monoisotopic (exact) mass is 290 g/mol. The highest BCUT2D eigenvalue weighted by atomic mass is 32.2. The molecule has 0 saturated heterocycles. The van der Waals surface area contributed by atoms with Crippen LogP contribution in [0.4, 0.5) is 0 Å². The second kappa shape index (κ2) is 6.93. The number of aliphatic hydroxyl groups is 1. The number of aromatic amines is 1. The van der Waals surface area contributed by atoms with Crippen molar-refractivity contribution >= 4 is 23.6 Å². The average Bonchev–Trinajstić information content (AvgIpc) is 3.00. The summed E-state index contributed by atoms with van der Waals surface area (Å²) in [6, 6.07) is 10.5. The third-order valence-corrected chi connectivity index (χ3v) is 3.58. The molecule has 3 N–H and O–H groups in total. The molecule has 0 saturated carbocycles. The molecule has 20 heavy (non-hydrogen) atoms. The Morgan fingerprint density at radius 3 is 2.55 bits per heavy atom. The lowest BCUT2D eigenvalue weighted by atomic mass is 10.2. The van der Waals surface area contributed by atoms with E-state index in [4.69, 9.17) is 5.11 Å². The minimum Gasteiger partial charge on any atom is -0.392 e. The summed E-state index contributed by atoms with van der Waals surface area (Å²) >= 11 is 1.33. The third-order valence-electron chi connectivity index (χ3n) is 2.57. The van der Waals surface area contributed by atoms with Gasteiger partial charge in [0.2, 0.25) is 5.91 Å². The molecule has 0 aliphatic rings. The van der Waals surface area contributed by atoms with Crippen molar-refractivity contribution in [3.05, 3.63) is 53.9 Å². The summed E-state index contributed by atoms with van der Waals surface area (Å²) in [5.41, 5.74) is 1.18. The summed E-state index contributed by atoms with van der Waals surface area (Å²) in [6.07, 6.45) is 1.62. The number of amides is 2. The fraction of sp³-hybridized carbons (Fsp3) is 0.143. The summed E-state index contributed by atoms with van der Waals surface area (Å²) in [6.45, 7) is -0.00389. The van der Waals surface area contributed by atoms with Crippen LogP contribution in [-0.4, -0.2) is 27.7 Å². The first-order valence-electron chi connectivity index (χ1n) is 5.99. The molecule has 1 heterocycles. The van der Waals surface area contributed by atoms with Crippen molar-refractivity contribution in [1.82, 2.24) is 10.3 Å².